The maximum absolute atomic E-state index is 13.3. The van der Waals surface area contributed by atoms with Crippen molar-refractivity contribution in [1.29, 1.82) is 0 Å². The van der Waals surface area contributed by atoms with Crippen molar-refractivity contribution in [3.8, 4) is 22.9 Å². The van der Waals surface area contributed by atoms with E-state index in [2.05, 4.69) is 27.7 Å². The molecular formula is C26H22IN3O5. The minimum absolute atomic E-state index is 0.291. The van der Waals surface area contributed by atoms with Crippen LogP contribution in [-0.2, 0) is 4.79 Å². The molecule has 0 amide bonds. The summed E-state index contributed by atoms with van der Waals surface area (Å²) in [5.74, 6) is 0.0706. The van der Waals surface area contributed by atoms with Gasteiger partial charge in [0.25, 0.3) is 5.56 Å². The second kappa shape index (κ2) is 10.7. The summed E-state index contributed by atoms with van der Waals surface area (Å²) in [7, 11) is 0. The van der Waals surface area contributed by atoms with E-state index in [4.69, 9.17) is 14.5 Å². The number of halogens is 1. The predicted octanol–water partition coefficient (Wildman–Crippen LogP) is 4.80. The van der Waals surface area contributed by atoms with Crippen molar-refractivity contribution >= 4 is 45.7 Å². The highest BCUT2D eigenvalue weighted by Gasteiger charge is 2.19. The summed E-state index contributed by atoms with van der Waals surface area (Å²) in [6, 6.07) is 20.0. The fourth-order valence-corrected chi connectivity index (χ4v) is 4.15. The van der Waals surface area contributed by atoms with Gasteiger partial charge in [0.05, 0.1) is 27.3 Å². The highest BCUT2D eigenvalue weighted by Crippen LogP contribution is 2.34. The molecule has 4 rings (SSSR count). The Morgan fingerprint density at radius 3 is 2.60 bits per heavy atom. The lowest BCUT2D eigenvalue weighted by atomic mass is 10.2. The number of carboxylic acid groups (broad SMARTS) is 1. The molecule has 3 aromatic carbocycles. The molecule has 35 heavy (non-hydrogen) atoms. The molecule has 1 N–H and O–H groups in total. The smallest absolute Gasteiger partial charge is 0.344 e. The maximum Gasteiger partial charge on any atom is 0.344 e. The van der Waals surface area contributed by atoms with Gasteiger partial charge in [-0.25, -0.2) is 9.78 Å². The lowest BCUT2D eigenvalue weighted by Gasteiger charge is -2.17. The van der Waals surface area contributed by atoms with Crippen molar-refractivity contribution in [2.75, 3.05) is 6.61 Å². The quantitative estimate of drug-likeness (QED) is 0.236. The van der Waals surface area contributed by atoms with Crippen LogP contribution in [0.4, 0.5) is 0 Å². The Morgan fingerprint density at radius 1 is 1.17 bits per heavy atom. The number of hydrogen-bond acceptors (Lipinski definition) is 6. The van der Waals surface area contributed by atoms with Crippen molar-refractivity contribution < 1.29 is 19.4 Å². The van der Waals surface area contributed by atoms with Gasteiger partial charge in [0, 0.05) is 5.56 Å². The number of carbonyl (C=O) groups is 1. The first kappa shape index (κ1) is 24.4. The Hall–Kier alpha value is -3.73. The Labute approximate surface area is 215 Å². The number of aliphatic carboxylic acids is 1. The van der Waals surface area contributed by atoms with E-state index >= 15 is 0 Å². The van der Waals surface area contributed by atoms with E-state index in [1.54, 1.807) is 36.5 Å². The molecule has 9 heteroatoms. The fraction of sp³-hybridized carbons (Fsp3) is 0.154. The van der Waals surface area contributed by atoms with Crippen LogP contribution in [0.25, 0.3) is 22.3 Å². The van der Waals surface area contributed by atoms with Crippen molar-refractivity contribution in [1.82, 2.24) is 9.66 Å². The van der Waals surface area contributed by atoms with Gasteiger partial charge < -0.3 is 14.6 Å². The molecule has 0 spiro atoms. The average Bonchev–Trinajstić information content (AvgIpc) is 2.86. The highest BCUT2D eigenvalue weighted by atomic mass is 127. The lowest BCUT2D eigenvalue weighted by molar-refractivity contribution is -0.144. The topological polar surface area (TPSA) is 103 Å². The molecule has 0 aliphatic heterocycles. The zero-order valence-electron chi connectivity index (χ0n) is 19.0. The van der Waals surface area contributed by atoms with E-state index in [0.29, 0.717) is 44.0 Å². The van der Waals surface area contributed by atoms with Gasteiger partial charge >= 0.3 is 5.97 Å². The van der Waals surface area contributed by atoms with E-state index in [1.165, 1.54) is 11.6 Å². The molecule has 0 saturated heterocycles. The van der Waals surface area contributed by atoms with Crippen LogP contribution in [0.15, 0.2) is 76.6 Å². The number of hydrogen-bond donors (Lipinski definition) is 1. The van der Waals surface area contributed by atoms with E-state index in [-0.39, 0.29) is 5.56 Å². The second-order valence-corrected chi connectivity index (χ2v) is 8.70. The molecule has 1 heterocycles. The third kappa shape index (κ3) is 5.35. The molecule has 0 saturated carbocycles. The maximum atomic E-state index is 13.3. The van der Waals surface area contributed by atoms with E-state index in [1.807, 2.05) is 43.3 Å². The van der Waals surface area contributed by atoms with Crippen LogP contribution in [0.2, 0.25) is 0 Å². The number of fused-ring (bicyclic) bond motifs is 1. The summed E-state index contributed by atoms with van der Waals surface area (Å²) in [4.78, 5) is 29.3. The molecule has 8 nitrogen and oxygen atoms in total. The van der Waals surface area contributed by atoms with Crippen molar-refractivity contribution in [2.24, 2.45) is 5.10 Å². The minimum atomic E-state index is -1.08. The summed E-state index contributed by atoms with van der Waals surface area (Å²) < 4.78 is 13.2. The standard InChI is InChI=1S/C26H22IN3O5/c1-3-34-22-14-17(13-20(27)23(22)35-16(2)26(32)33)15-28-30-24(18-9-5-4-6-10-18)29-21-12-8-7-11-19(21)25(30)31/h4-16H,3H2,1-2H3,(H,32,33)/t16-/m0/s1. The zero-order chi connectivity index (χ0) is 24.9. The van der Waals surface area contributed by atoms with Gasteiger partial charge in [0.15, 0.2) is 23.4 Å². The van der Waals surface area contributed by atoms with E-state index in [9.17, 15) is 14.7 Å². The van der Waals surface area contributed by atoms with Gasteiger partial charge in [-0.05, 0) is 66.3 Å². The van der Waals surface area contributed by atoms with Crippen molar-refractivity contribution in [2.45, 2.75) is 20.0 Å². The number of nitrogens with zero attached hydrogens (tertiary/aromatic N) is 3. The van der Waals surface area contributed by atoms with Gasteiger partial charge in [0.2, 0.25) is 0 Å². The molecule has 0 bridgehead atoms. The monoisotopic (exact) mass is 583 g/mol. The predicted molar refractivity (Wildman–Crippen MR) is 142 cm³/mol. The summed E-state index contributed by atoms with van der Waals surface area (Å²) in [6.07, 6.45) is 0.497. The molecule has 4 aromatic rings. The average molecular weight is 583 g/mol. The molecule has 1 aromatic heterocycles. The van der Waals surface area contributed by atoms with Crippen molar-refractivity contribution in [3.63, 3.8) is 0 Å². The molecule has 0 aliphatic rings. The normalized spacial score (nSPS) is 12.1. The summed E-state index contributed by atoms with van der Waals surface area (Å²) in [5, 5.41) is 14.2. The largest absolute Gasteiger partial charge is 0.490 e. The van der Waals surface area contributed by atoms with E-state index < -0.39 is 12.1 Å². The molecule has 0 unspecified atom stereocenters. The van der Waals surface area contributed by atoms with Crippen molar-refractivity contribution in [3.05, 3.63) is 86.2 Å². The van der Waals surface area contributed by atoms with Crippen LogP contribution >= 0.6 is 22.6 Å². The minimum Gasteiger partial charge on any atom is -0.490 e. The van der Waals surface area contributed by atoms with Gasteiger partial charge in [-0.1, -0.05) is 42.5 Å². The van der Waals surface area contributed by atoms with Gasteiger partial charge in [-0.2, -0.15) is 9.78 Å². The summed E-state index contributed by atoms with van der Waals surface area (Å²) in [5.41, 5.74) is 1.70. The third-order valence-corrected chi connectivity index (χ3v) is 5.88. The molecule has 0 aliphatic carbocycles. The first-order chi connectivity index (χ1) is 16.9. The molecule has 178 valence electrons. The third-order valence-electron chi connectivity index (χ3n) is 5.08. The first-order valence-electron chi connectivity index (χ1n) is 10.9. The molecule has 0 radical (unpaired) electrons. The van der Waals surface area contributed by atoms with Crippen LogP contribution in [0.5, 0.6) is 11.5 Å². The number of rotatable bonds is 8. The van der Waals surface area contributed by atoms with Gasteiger partial charge in [-0.15, -0.1) is 0 Å². The van der Waals surface area contributed by atoms with Crippen LogP contribution in [0.1, 0.15) is 19.4 Å². The Kier molecular flexibility index (Phi) is 7.45. The molecular weight excluding hydrogens is 561 g/mol. The number of para-hydroxylation sites is 1. The summed E-state index contributed by atoms with van der Waals surface area (Å²) in [6.45, 7) is 3.64. The van der Waals surface area contributed by atoms with E-state index in [0.717, 1.165) is 5.56 Å². The zero-order valence-corrected chi connectivity index (χ0v) is 21.2. The number of aromatic nitrogens is 2. The number of benzene rings is 3. The Balaban J connectivity index is 1.82. The van der Waals surface area contributed by atoms with Crippen LogP contribution in [0, 0.1) is 3.57 Å². The van der Waals surface area contributed by atoms with Crippen LogP contribution in [-0.4, -0.2) is 39.7 Å². The fourth-order valence-electron chi connectivity index (χ4n) is 3.40. The lowest BCUT2D eigenvalue weighted by Crippen LogP contribution is -2.23. The SMILES string of the molecule is CCOc1cc(C=Nn2c(-c3ccccc3)nc3ccccc3c2=O)cc(I)c1O[C@@H](C)C(=O)O. The van der Waals surface area contributed by atoms with Crippen LogP contribution in [0.3, 0.4) is 0 Å². The number of ether oxygens (including phenoxy) is 2. The molecule has 0 fully saturated rings. The first-order valence-corrected chi connectivity index (χ1v) is 11.9. The van der Waals surface area contributed by atoms with Crippen LogP contribution < -0.4 is 15.0 Å². The number of carboxylic acids is 1. The summed E-state index contributed by atoms with van der Waals surface area (Å²) >= 11 is 2.06. The highest BCUT2D eigenvalue weighted by molar-refractivity contribution is 14.1. The Morgan fingerprint density at radius 2 is 1.89 bits per heavy atom. The Bertz CT molecular complexity index is 1470. The second-order valence-electron chi connectivity index (χ2n) is 7.54. The molecule has 1 atom stereocenters. The van der Waals surface area contributed by atoms with Gasteiger partial charge in [-0.3, -0.25) is 4.79 Å². The van der Waals surface area contributed by atoms with Gasteiger partial charge in [0.1, 0.15) is 0 Å².